The maximum atomic E-state index is 13.8. The van der Waals surface area contributed by atoms with E-state index in [9.17, 15) is 14.7 Å². The molecule has 5 rings (SSSR count). The van der Waals surface area contributed by atoms with Gasteiger partial charge in [0.15, 0.2) is 0 Å². The molecule has 0 saturated carbocycles. The second-order valence-corrected chi connectivity index (χ2v) is 15.1. The lowest BCUT2D eigenvalue weighted by molar-refractivity contribution is -0.128. The fourth-order valence-electron chi connectivity index (χ4n) is 5.58. The molecule has 1 aliphatic heterocycles. The van der Waals surface area contributed by atoms with Crippen molar-refractivity contribution in [3.63, 3.8) is 0 Å². The van der Waals surface area contributed by atoms with Crippen LogP contribution in [-0.4, -0.2) is 51.3 Å². The maximum absolute atomic E-state index is 13.8. The van der Waals surface area contributed by atoms with Crippen LogP contribution in [0, 0.1) is 11.3 Å². The number of halogens is 2. The summed E-state index contributed by atoms with van der Waals surface area (Å²) < 4.78 is 7.43. The fraction of sp³-hybridized carbons (Fsp3) is 0.486. The van der Waals surface area contributed by atoms with E-state index >= 15 is 0 Å². The number of nitrogens with zero attached hydrogens (tertiary/aromatic N) is 4. The van der Waals surface area contributed by atoms with Crippen LogP contribution >= 0.6 is 23.2 Å². The summed E-state index contributed by atoms with van der Waals surface area (Å²) in [6, 6.07) is 9.10. The molecule has 0 bridgehead atoms. The summed E-state index contributed by atoms with van der Waals surface area (Å²) in [5, 5.41) is 20.6. The zero-order valence-corrected chi connectivity index (χ0v) is 29.6. The van der Waals surface area contributed by atoms with Gasteiger partial charge in [-0.1, -0.05) is 76.0 Å². The summed E-state index contributed by atoms with van der Waals surface area (Å²) in [6.45, 7) is 13.4. The van der Waals surface area contributed by atoms with Crippen LogP contribution < -0.4 is 15.5 Å². The molecule has 252 valence electrons. The lowest BCUT2D eigenvalue weighted by Gasteiger charge is -2.33. The second kappa shape index (κ2) is 13.5. The molecule has 0 spiro atoms. The van der Waals surface area contributed by atoms with Crippen molar-refractivity contribution in [3.8, 4) is 0 Å². The Hall–Kier alpha value is -3.60. The molecule has 1 fully saturated rings. The number of benzene rings is 2. The Labute approximate surface area is 285 Å². The molecule has 0 atom stereocenters. The van der Waals surface area contributed by atoms with Gasteiger partial charge >= 0.3 is 0 Å². The van der Waals surface area contributed by atoms with Crippen LogP contribution in [0.5, 0.6) is 0 Å². The number of fused-ring (bicyclic) bond motifs is 1. The average molecular weight is 684 g/mol. The molecule has 0 aliphatic carbocycles. The Balaban J connectivity index is 1.49. The lowest BCUT2D eigenvalue weighted by atomic mass is 9.91. The van der Waals surface area contributed by atoms with Crippen molar-refractivity contribution in [2.45, 2.75) is 72.8 Å². The highest BCUT2D eigenvalue weighted by Crippen LogP contribution is 2.35. The molecule has 2 amide bonds. The van der Waals surface area contributed by atoms with Crippen LogP contribution in [0.3, 0.4) is 0 Å². The predicted molar refractivity (Wildman–Crippen MR) is 186 cm³/mol. The second-order valence-electron chi connectivity index (χ2n) is 14.3. The number of aryl methyl sites for hydroxylation is 1. The molecule has 3 heterocycles. The van der Waals surface area contributed by atoms with Gasteiger partial charge in [-0.15, -0.1) is 0 Å². The van der Waals surface area contributed by atoms with Crippen LogP contribution in [0.25, 0.3) is 11.0 Å². The summed E-state index contributed by atoms with van der Waals surface area (Å²) in [7, 11) is 1.95. The van der Waals surface area contributed by atoms with E-state index in [0.717, 1.165) is 48.5 Å². The molecule has 0 unspecified atom stereocenters. The minimum absolute atomic E-state index is 0.0722. The van der Waals surface area contributed by atoms with E-state index in [2.05, 4.69) is 27.6 Å². The number of carbonyl (C=O) groups is 2. The Bertz CT molecular complexity index is 1800. The number of hydrogen-bond acceptors (Lipinski definition) is 7. The summed E-state index contributed by atoms with van der Waals surface area (Å²) in [5.74, 6) is 1.13. The van der Waals surface area contributed by atoms with Gasteiger partial charge in [-0.2, -0.15) is 0 Å². The minimum atomic E-state index is -0.614. The normalized spacial score (nSPS) is 14.6. The zero-order valence-electron chi connectivity index (χ0n) is 28.1. The summed E-state index contributed by atoms with van der Waals surface area (Å²) in [5.41, 5.74) is 3.71. The third-order valence-electron chi connectivity index (χ3n) is 9.02. The Morgan fingerprint density at radius 2 is 1.79 bits per heavy atom. The standard InChI is InChI=1S/C35H44Cl2N6O4/c1-20-10-12-43(13-11-20)26-16-27-25(14-23(26)32(45)40-30-17-28(41-47-30)35(5,6)19-44)39-29(42(27)7)15-22-24(36)9-8-21(31(22)37)18-38-33(46)34(2,3)4/h8-9,14,16-17,20,44H,10-13,15,18-19H2,1-7H3,(H,38,46)(H,40,45). The number of rotatable bonds is 9. The highest BCUT2D eigenvalue weighted by atomic mass is 35.5. The zero-order chi connectivity index (χ0) is 34.3. The van der Waals surface area contributed by atoms with Gasteiger partial charge in [0.1, 0.15) is 5.82 Å². The molecule has 47 heavy (non-hydrogen) atoms. The van der Waals surface area contributed by atoms with Crippen LogP contribution in [-0.2, 0) is 30.2 Å². The van der Waals surface area contributed by atoms with Crippen LogP contribution in [0.4, 0.5) is 11.6 Å². The number of nitrogens with one attached hydrogen (secondary N) is 2. The molecule has 0 radical (unpaired) electrons. The molecule has 3 N–H and O–H groups in total. The third-order valence-corrected chi connectivity index (χ3v) is 9.84. The first-order valence-electron chi connectivity index (χ1n) is 16.0. The quantitative estimate of drug-likeness (QED) is 0.176. The van der Waals surface area contributed by atoms with Crippen molar-refractivity contribution in [1.82, 2.24) is 20.0 Å². The van der Waals surface area contributed by atoms with Gasteiger partial charge in [-0.25, -0.2) is 4.98 Å². The molecular formula is C35H44Cl2N6O4. The number of aromatic nitrogens is 3. The predicted octanol–water partition coefficient (Wildman–Crippen LogP) is 6.88. The first-order chi connectivity index (χ1) is 22.1. The smallest absolute Gasteiger partial charge is 0.260 e. The van der Waals surface area contributed by atoms with Gasteiger partial charge in [0.25, 0.3) is 5.91 Å². The number of hydrogen-bond donors (Lipinski definition) is 3. The summed E-state index contributed by atoms with van der Waals surface area (Å²) >= 11 is 13.5. The van der Waals surface area contributed by atoms with Gasteiger partial charge in [0, 0.05) is 55.0 Å². The number of aliphatic hydroxyl groups is 1. The highest BCUT2D eigenvalue weighted by Gasteiger charge is 2.28. The van der Waals surface area contributed by atoms with Crippen molar-refractivity contribution in [2.24, 2.45) is 18.4 Å². The van der Waals surface area contributed by atoms with Crippen molar-refractivity contribution in [2.75, 3.05) is 29.9 Å². The van der Waals surface area contributed by atoms with Gasteiger partial charge in [-0.3, -0.25) is 14.9 Å². The molecule has 1 saturated heterocycles. The van der Waals surface area contributed by atoms with E-state index in [-0.39, 0.29) is 30.9 Å². The first-order valence-corrected chi connectivity index (χ1v) is 16.7. The lowest BCUT2D eigenvalue weighted by Crippen LogP contribution is -2.34. The summed E-state index contributed by atoms with van der Waals surface area (Å²) in [4.78, 5) is 33.5. The van der Waals surface area contributed by atoms with E-state index in [1.807, 2.05) is 64.4 Å². The van der Waals surface area contributed by atoms with Crippen molar-refractivity contribution in [3.05, 3.63) is 68.6 Å². The average Bonchev–Trinajstić information content (AvgIpc) is 3.62. The van der Waals surface area contributed by atoms with Gasteiger partial charge in [-0.05, 0) is 48.1 Å². The van der Waals surface area contributed by atoms with E-state index < -0.39 is 10.8 Å². The number of imidazole rings is 1. The van der Waals surface area contributed by atoms with Gasteiger partial charge < -0.3 is 24.4 Å². The Morgan fingerprint density at radius 3 is 2.45 bits per heavy atom. The van der Waals surface area contributed by atoms with Crippen LogP contribution in [0.15, 0.2) is 34.9 Å². The van der Waals surface area contributed by atoms with Crippen LogP contribution in [0.1, 0.15) is 87.4 Å². The Kier molecular flexibility index (Phi) is 9.97. The molecule has 1 aliphatic rings. The highest BCUT2D eigenvalue weighted by molar-refractivity contribution is 6.36. The largest absolute Gasteiger partial charge is 0.395 e. The van der Waals surface area contributed by atoms with Crippen molar-refractivity contribution in [1.29, 1.82) is 0 Å². The number of piperidine rings is 1. The molecule has 10 nitrogen and oxygen atoms in total. The van der Waals surface area contributed by atoms with Gasteiger partial charge in [0.2, 0.25) is 11.8 Å². The SMILES string of the molecule is CC1CCN(c2cc3c(cc2C(=O)Nc2cc(C(C)(C)CO)no2)nc(Cc2c(Cl)ccc(CNC(=O)C(C)(C)C)c2Cl)n3C)CC1. The van der Waals surface area contributed by atoms with E-state index in [4.69, 9.17) is 32.7 Å². The van der Waals surface area contributed by atoms with E-state index in [1.165, 1.54) is 0 Å². The minimum Gasteiger partial charge on any atom is -0.395 e. The summed E-state index contributed by atoms with van der Waals surface area (Å²) in [6.07, 6.45) is 2.41. The first kappa shape index (κ1) is 34.7. The van der Waals surface area contributed by atoms with Gasteiger partial charge in [0.05, 0.1) is 39.6 Å². The molecule has 12 heteroatoms. The van der Waals surface area contributed by atoms with E-state index in [1.54, 1.807) is 12.1 Å². The van der Waals surface area contributed by atoms with E-state index in [0.29, 0.717) is 44.7 Å². The molecule has 2 aromatic heterocycles. The topological polar surface area (TPSA) is 126 Å². The third kappa shape index (κ3) is 7.45. The molecular weight excluding hydrogens is 639 g/mol. The number of amides is 2. The molecule has 4 aromatic rings. The fourth-order valence-corrected chi connectivity index (χ4v) is 6.16. The molecule has 2 aromatic carbocycles. The monoisotopic (exact) mass is 682 g/mol. The number of aliphatic hydroxyl groups excluding tert-OH is 1. The maximum Gasteiger partial charge on any atom is 0.260 e. The number of carbonyl (C=O) groups excluding carboxylic acids is 2. The number of anilines is 2. The van der Waals surface area contributed by atoms with Crippen molar-refractivity contribution >= 4 is 57.6 Å². The van der Waals surface area contributed by atoms with Crippen LogP contribution in [0.2, 0.25) is 10.0 Å². The van der Waals surface area contributed by atoms with Crippen molar-refractivity contribution < 1.29 is 19.2 Å². The Morgan fingerprint density at radius 1 is 1.09 bits per heavy atom.